The fraction of sp³-hybridized carbons (Fsp3) is 0.500. The highest BCUT2D eigenvalue weighted by molar-refractivity contribution is 5.29. The molecule has 5 heteroatoms. The summed E-state index contributed by atoms with van der Waals surface area (Å²) in [6.07, 6.45) is 6.50. The molecule has 0 amide bonds. The fourth-order valence-corrected chi connectivity index (χ4v) is 1.83. The second-order valence-electron chi connectivity index (χ2n) is 4.01. The third kappa shape index (κ3) is 3.01. The van der Waals surface area contributed by atoms with E-state index in [1.165, 1.54) is 0 Å². The van der Waals surface area contributed by atoms with Gasteiger partial charge in [0.2, 0.25) is 5.78 Å². The number of aromatic nitrogens is 3. The fourth-order valence-electron chi connectivity index (χ4n) is 1.83. The summed E-state index contributed by atoms with van der Waals surface area (Å²) in [5, 5.41) is 8.83. The quantitative estimate of drug-likeness (QED) is 0.808. The molecule has 0 saturated carbocycles. The van der Waals surface area contributed by atoms with Crippen molar-refractivity contribution in [3.63, 3.8) is 0 Å². The summed E-state index contributed by atoms with van der Waals surface area (Å²) >= 11 is 0. The number of fused-ring (bicyclic) bond motifs is 1. The average molecular weight is 234 g/mol. The van der Waals surface area contributed by atoms with Gasteiger partial charge in [0.25, 0.3) is 0 Å². The lowest BCUT2D eigenvalue weighted by Crippen LogP contribution is -2.24. The first kappa shape index (κ1) is 12.0. The summed E-state index contributed by atoms with van der Waals surface area (Å²) in [7, 11) is 0. The third-order valence-electron chi connectivity index (χ3n) is 2.75. The SMILES string of the molecule is CCN(CCCO)Cc1cn2cccnc2n1. The van der Waals surface area contributed by atoms with Gasteiger partial charge in [0.1, 0.15) is 0 Å². The topological polar surface area (TPSA) is 53.7 Å². The van der Waals surface area contributed by atoms with Gasteiger partial charge in [-0.2, -0.15) is 0 Å². The minimum Gasteiger partial charge on any atom is -0.396 e. The molecule has 1 N–H and O–H groups in total. The van der Waals surface area contributed by atoms with Gasteiger partial charge in [-0.1, -0.05) is 6.92 Å². The Morgan fingerprint density at radius 3 is 3.06 bits per heavy atom. The van der Waals surface area contributed by atoms with E-state index in [2.05, 4.69) is 21.8 Å². The normalized spacial score (nSPS) is 11.5. The van der Waals surface area contributed by atoms with Crippen LogP contribution >= 0.6 is 0 Å². The van der Waals surface area contributed by atoms with Crippen LogP contribution in [0.25, 0.3) is 5.78 Å². The molecule has 0 atom stereocenters. The number of nitrogens with zero attached hydrogens (tertiary/aromatic N) is 4. The van der Waals surface area contributed by atoms with Crippen molar-refractivity contribution < 1.29 is 5.11 Å². The molecule has 2 aromatic heterocycles. The van der Waals surface area contributed by atoms with Crippen molar-refractivity contribution in [2.24, 2.45) is 0 Å². The van der Waals surface area contributed by atoms with Crippen LogP contribution < -0.4 is 0 Å². The third-order valence-corrected chi connectivity index (χ3v) is 2.75. The number of imidazole rings is 1. The minimum absolute atomic E-state index is 0.239. The highest BCUT2D eigenvalue weighted by Gasteiger charge is 2.07. The van der Waals surface area contributed by atoms with E-state index in [9.17, 15) is 0 Å². The highest BCUT2D eigenvalue weighted by atomic mass is 16.3. The first-order valence-corrected chi connectivity index (χ1v) is 5.95. The monoisotopic (exact) mass is 234 g/mol. The van der Waals surface area contributed by atoms with Gasteiger partial charge in [-0.3, -0.25) is 9.30 Å². The maximum Gasteiger partial charge on any atom is 0.233 e. The standard InChI is InChI=1S/C12H18N4O/c1-2-15(6-4-8-17)9-11-10-16-7-3-5-13-12(16)14-11/h3,5,7,10,17H,2,4,6,8-9H2,1H3. The Bertz CT molecular complexity index is 435. The van der Waals surface area contributed by atoms with Crippen molar-refractivity contribution in [1.29, 1.82) is 0 Å². The second kappa shape index (κ2) is 5.75. The molecule has 0 radical (unpaired) electrons. The first-order valence-electron chi connectivity index (χ1n) is 5.95. The molecular formula is C12H18N4O. The molecule has 0 aromatic carbocycles. The predicted octanol–water partition coefficient (Wildman–Crippen LogP) is 0.934. The predicted molar refractivity (Wildman–Crippen MR) is 65.6 cm³/mol. The molecule has 0 saturated heterocycles. The molecule has 0 spiro atoms. The van der Waals surface area contributed by atoms with Gasteiger partial charge >= 0.3 is 0 Å². The van der Waals surface area contributed by atoms with Crippen LogP contribution in [-0.4, -0.2) is 44.1 Å². The lowest BCUT2D eigenvalue weighted by Gasteiger charge is -2.18. The van der Waals surface area contributed by atoms with Crippen molar-refractivity contribution in [2.75, 3.05) is 19.7 Å². The summed E-state index contributed by atoms with van der Waals surface area (Å²) in [5.41, 5.74) is 1.02. The molecule has 0 fully saturated rings. The number of aliphatic hydroxyl groups excluding tert-OH is 1. The zero-order chi connectivity index (χ0) is 12.1. The summed E-state index contributed by atoms with van der Waals surface area (Å²) in [6, 6.07) is 1.89. The zero-order valence-corrected chi connectivity index (χ0v) is 10.1. The molecule has 2 rings (SSSR count). The number of rotatable bonds is 6. The first-order chi connectivity index (χ1) is 8.33. The van der Waals surface area contributed by atoms with Crippen LogP contribution in [0, 0.1) is 0 Å². The molecular weight excluding hydrogens is 216 g/mol. The van der Waals surface area contributed by atoms with Crippen LogP contribution in [-0.2, 0) is 6.54 Å². The molecule has 0 aliphatic heterocycles. The van der Waals surface area contributed by atoms with Crippen molar-refractivity contribution in [2.45, 2.75) is 19.9 Å². The Morgan fingerprint density at radius 2 is 2.35 bits per heavy atom. The van der Waals surface area contributed by atoms with Crippen LogP contribution in [0.5, 0.6) is 0 Å². The van der Waals surface area contributed by atoms with E-state index in [4.69, 9.17) is 5.11 Å². The Kier molecular flexibility index (Phi) is 4.06. The smallest absolute Gasteiger partial charge is 0.233 e. The lowest BCUT2D eigenvalue weighted by molar-refractivity contribution is 0.224. The maximum atomic E-state index is 8.83. The van der Waals surface area contributed by atoms with Gasteiger partial charge in [-0.15, -0.1) is 0 Å². The molecule has 0 unspecified atom stereocenters. The van der Waals surface area contributed by atoms with E-state index in [-0.39, 0.29) is 6.61 Å². The van der Waals surface area contributed by atoms with Crippen LogP contribution in [0.3, 0.4) is 0 Å². The van der Waals surface area contributed by atoms with E-state index in [0.717, 1.165) is 37.5 Å². The van der Waals surface area contributed by atoms with E-state index < -0.39 is 0 Å². The summed E-state index contributed by atoms with van der Waals surface area (Å²) in [6.45, 7) is 5.02. The number of aliphatic hydroxyl groups is 1. The Morgan fingerprint density at radius 1 is 1.47 bits per heavy atom. The van der Waals surface area contributed by atoms with Crippen molar-refractivity contribution in [1.82, 2.24) is 19.3 Å². The minimum atomic E-state index is 0.239. The largest absolute Gasteiger partial charge is 0.396 e. The van der Waals surface area contributed by atoms with Gasteiger partial charge in [0.15, 0.2) is 0 Å². The number of hydrogen-bond donors (Lipinski definition) is 1. The van der Waals surface area contributed by atoms with Gasteiger partial charge in [0, 0.05) is 38.3 Å². The van der Waals surface area contributed by atoms with Crippen LogP contribution in [0.4, 0.5) is 0 Å². The van der Waals surface area contributed by atoms with Gasteiger partial charge in [0.05, 0.1) is 5.69 Å². The highest BCUT2D eigenvalue weighted by Crippen LogP contribution is 2.05. The molecule has 2 heterocycles. The molecule has 2 aromatic rings. The Balaban J connectivity index is 2.06. The molecule has 17 heavy (non-hydrogen) atoms. The van der Waals surface area contributed by atoms with E-state index >= 15 is 0 Å². The molecule has 92 valence electrons. The lowest BCUT2D eigenvalue weighted by atomic mass is 10.3. The van der Waals surface area contributed by atoms with Crippen LogP contribution in [0.1, 0.15) is 19.0 Å². The molecule has 0 aliphatic carbocycles. The van der Waals surface area contributed by atoms with Crippen molar-refractivity contribution in [3.05, 3.63) is 30.4 Å². The average Bonchev–Trinajstić information content (AvgIpc) is 2.76. The Labute approximate surface area is 101 Å². The van der Waals surface area contributed by atoms with E-state index in [1.54, 1.807) is 6.20 Å². The summed E-state index contributed by atoms with van der Waals surface area (Å²) < 4.78 is 1.93. The molecule has 5 nitrogen and oxygen atoms in total. The maximum absolute atomic E-state index is 8.83. The zero-order valence-electron chi connectivity index (χ0n) is 10.1. The van der Waals surface area contributed by atoms with Crippen LogP contribution in [0.2, 0.25) is 0 Å². The Hall–Kier alpha value is -1.46. The summed E-state index contributed by atoms with van der Waals surface area (Å²) in [4.78, 5) is 10.9. The van der Waals surface area contributed by atoms with E-state index in [1.807, 2.05) is 22.9 Å². The molecule has 0 aliphatic rings. The van der Waals surface area contributed by atoms with Gasteiger partial charge in [-0.05, 0) is 19.0 Å². The second-order valence-corrected chi connectivity index (χ2v) is 4.01. The van der Waals surface area contributed by atoms with Crippen LogP contribution in [0.15, 0.2) is 24.7 Å². The number of hydrogen-bond acceptors (Lipinski definition) is 4. The summed E-state index contributed by atoms with van der Waals surface area (Å²) in [5.74, 6) is 0.737. The van der Waals surface area contributed by atoms with Gasteiger partial charge < -0.3 is 5.11 Å². The van der Waals surface area contributed by atoms with E-state index in [0.29, 0.717) is 0 Å². The van der Waals surface area contributed by atoms with Crippen molar-refractivity contribution >= 4 is 5.78 Å². The van der Waals surface area contributed by atoms with Gasteiger partial charge in [-0.25, -0.2) is 9.97 Å². The van der Waals surface area contributed by atoms with Crippen molar-refractivity contribution in [3.8, 4) is 0 Å². The molecule has 0 bridgehead atoms.